The largest absolute Gasteiger partial charge is 0.382 e. The van der Waals surface area contributed by atoms with E-state index in [1.165, 1.54) is 142 Å². The molecule has 0 radical (unpaired) electrons. The number of hydrogen-bond acceptors (Lipinski definition) is 40. The van der Waals surface area contributed by atoms with E-state index in [-0.39, 0.29) is 52.9 Å². The van der Waals surface area contributed by atoms with Crippen LogP contribution in [0.1, 0.15) is 33.4 Å². The van der Waals surface area contributed by atoms with Crippen molar-refractivity contribution in [1.82, 2.24) is 0 Å². The van der Waals surface area contributed by atoms with E-state index in [0.29, 0.717) is 0 Å². The highest BCUT2D eigenvalue weighted by Crippen LogP contribution is 2.49. The molecular formula is C108H152O40. The van der Waals surface area contributed by atoms with Gasteiger partial charge in [0.25, 0.3) is 0 Å². The smallest absolute Gasteiger partial charge is 0.187 e. The first-order valence-corrected chi connectivity index (χ1v) is 49.9. The van der Waals surface area contributed by atoms with Gasteiger partial charge in [0.05, 0.1) is 52.9 Å². The highest BCUT2D eigenvalue weighted by molar-refractivity contribution is 5.49. The molecule has 6 aromatic rings. The maximum Gasteiger partial charge on any atom is 0.187 e. The third-order valence-corrected chi connectivity index (χ3v) is 29.4. The highest BCUT2D eigenvalue weighted by Gasteiger charge is 2.64. The Morgan fingerprint density at radius 1 is 0.149 bits per heavy atom. The summed E-state index contributed by atoms with van der Waals surface area (Å²) in [4.78, 5) is 0. The molecule has 30 fully saturated rings. The van der Waals surface area contributed by atoms with Gasteiger partial charge in [0.1, 0.15) is 207 Å². The molecule has 0 N–H and O–H groups in total. The normalized spacial score (nSPS) is 37.8. The maximum atomic E-state index is 7.87. The number of hydrogen-bond donors (Lipinski definition) is 0. The molecule has 30 aliphatic rings. The molecule has 0 saturated carbocycles. The van der Waals surface area contributed by atoms with E-state index in [2.05, 4.69) is 0 Å². The van der Waals surface area contributed by atoms with Crippen LogP contribution in [-0.4, -0.2) is 455 Å². The Balaban J connectivity index is 0.874. The lowest BCUT2D eigenvalue weighted by Crippen LogP contribution is -2.70. The minimum atomic E-state index is -1.49. The molecule has 0 spiro atoms. The van der Waals surface area contributed by atoms with Crippen molar-refractivity contribution < 1.29 is 189 Å². The summed E-state index contributed by atoms with van der Waals surface area (Å²) in [5, 5.41) is 0. The van der Waals surface area contributed by atoms with Crippen LogP contribution in [0.4, 0.5) is 0 Å². The van der Waals surface area contributed by atoms with Crippen molar-refractivity contribution in [1.29, 1.82) is 0 Å². The lowest BCUT2D eigenvalue weighted by molar-refractivity contribution is -0.410. The predicted octanol–water partition coefficient (Wildman–Crippen LogP) is 7.02. The van der Waals surface area contributed by atoms with Crippen molar-refractivity contribution in [2.24, 2.45) is 0 Å². The Hall–Kier alpha value is -6.28. The molecule has 824 valence electrons. The van der Waals surface area contributed by atoms with Gasteiger partial charge in [-0.1, -0.05) is 182 Å². The van der Waals surface area contributed by atoms with E-state index in [1.54, 1.807) is 14.2 Å². The molecule has 30 heterocycles. The van der Waals surface area contributed by atoms with Crippen LogP contribution >= 0.6 is 0 Å². The minimum Gasteiger partial charge on any atom is -0.382 e. The van der Waals surface area contributed by atoms with Gasteiger partial charge in [-0.15, -0.1) is 0 Å². The van der Waals surface area contributed by atoms with Gasteiger partial charge in [0.2, 0.25) is 0 Å². The maximum absolute atomic E-state index is 7.87. The molecule has 0 aliphatic carbocycles. The molecule has 40 nitrogen and oxygen atoms in total. The molecule has 40 atom stereocenters. The first-order valence-electron chi connectivity index (χ1n) is 49.9. The van der Waals surface area contributed by atoms with Gasteiger partial charge in [-0.2, -0.15) is 0 Å². The van der Waals surface area contributed by atoms with Gasteiger partial charge in [-0.25, -0.2) is 0 Å². The second-order valence-corrected chi connectivity index (χ2v) is 37.3. The lowest BCUT2D eigenvalue weighted by Gasteiger charge is -2.53. The van der Waals surface area contributed by atoms with Crippen LogP contribution in [-0.2, 0) is 201 Å². The van der Waals surface area contributed by atoms with Crippen LogP contribution in [0.2, 0.25) is 0 Å². The van der Waals surface area contributed by atoms with Crippen LogP contribution in [0.3, 0.4) is 0 Å². The van der Waals surface area contributed by atoms with Crippen LogP contribution in [0.25, 0.3) is 0 Å². The van der Waals surface area contributed by atoms with Gasteiger partial charge >= 0.3 is 0 Å². The van der Waals surface area contributed by atoms with E-state index in [9.17, 15) is 0 Å². The summed E-state index contributed by atoms with van der Waals surface area (Å²) in [5.41, 5.74) is 1.94. The Kier molecular flexibility index (Phi) is 43.7. The summed E-state index contributed by atoms with van der Waals surface area (Å²) in [5.74, 6) is 0. The fourth-order valence-corrected chi connectivity index (χ4v) is 22.6. The van der Waals surface area contributed by atoms with Crippen molar-refractivity contribution in [2.75, 3.05) is 209 Å². The summed E-state index contributed by atoms with van der Waals surface area (Å²) in [7, 11) is 33.4. The zero-order chi connectivity index (χ0) is 105. The molecule has 36 rings (SSSR count). The van der Waals surface area contributed by atoms with E-state index in [1.807, 2.05) is 182 Å². The first-order chi connectivity index (χ1) is 72.4. The zero-order valence-electron chi connectivity index (χ0n) is 88.4. The van der Waals surface area contributed by atoms with Crippen molar-refractivity contribution in [2.45, 2.75) is 257 Å². The van der Waals surface area contributed by atoms with Gasteiger partial charge in [0.15, 0.2) is 50.3 Å². The van der Waals surface area contributed by atoms with Crippen LogP contribution in [0.15, 0.2) is 182 Å². The summed E-state index contributed by atoms with van der Waals surface area (Å²) >= 11 is 0. The highest BCUT2D eigenvalue weighted by atomic mass is 16.8. The van der Waals surface area contributed by atoms with Crippen molar-refractivity contribution in [3.8, 4) is 0 Å². The fourth-order valence-electron chi connectivity index (χ4n) is 22.6. The van der Waals surface area contributed by atoms with Gasteiger partial charge < -0.3 is 189 Å². The Bertz CT molecular complexity index is 4400. The van der Waals surface area contributed by atoms with Crippen LogP contribution in [0.5, 0.6) is 0 Å². The Morgan fingerprint density at radius 2 is 0.264 bits per heavy atom. The molecule has 0 amide bonds. The number of methoxy groups -OCH3 is 22. The molecule has 148 heavy (non-hydrogen) atoms. The van der Waals surface area contributed by atoms with E-state index in [4.69, 9.17) is 189 Å². The fraction of sp³-hybridized carbons (Fsp3) is 0.667. The van der Waals surface area contributed by atoms with Crippen molar-refractivity contribution >= 4 is 0 Å². The SMILES string of the molecule is COC[C@H]1O[C@@H]2O[C@H]3[C@H](OC)[C@@H](OC)[C@@H](O[C@H]4[C@H](OC)[C@@H](OC)[C@@H](O[C@H]5[C@H](OC)[C@@H](OC)[C@@H](O[C@H]6[C@@H](OC)[C@H](OC)[C@@H](O[C@H]7[C@H](OC)[C@@H](OC)[C@@H](O[C@H]8[C@H](OC)[C@@H](OC)[C@@H](O[C@H]9[C@H](OC)[C@@H](OC)[C@@H](O[C@H]1[C@H](OC)[C@@H]2OC)O[C@@H]9COC)O[C@@H]8COC)O[C@@H]7COC)O[C@@H]6COC(c1ccccc1)(c1ccccc1)c1ccccc1)O[C@@H]5COC(c1ccccc1)(c1ccccc1)c1ccccc1)O[C@@H]4COC)O[C@@H]3COC. The molecule has 40 heteroatoms. The zero-order valence-corrected chi connectivity index (χ0v) is 88.4. The number of rotatable bonds is 40. The Morgan fingerprint density at radius 3 is 0.372 bits per heavy atom. The average molecular weight is 2090 g/mol. The predicted molar refractivity (Wildman–Crippen MR) is 523 cm³/mol. The standard InChI is InChI=1S/C108H152O40/c1-109-53-67-75-83(115-7)92(124-16)100(134-67)143-77-69(55-111-3)136-102(94(126-18)85(77)117-9)145-79-71(57-113-5)138-104(96(128-20)87(79)119-11)147-81-73(59-131-107(61-41-29-23-30-42-61,62-43-31-24-32-44-62)63-45-33-25-34-46-63)140-106(98(130-22)89(81)121-13)148-82-74(60-132-108(64-47-35-26-36-48-64,65-49-37-27-38-50-65)66-51-39-28-40-52-66)139-105(97(129-21)90(82)122-14)146-80-72(58-114-6)137-103(95(127-19)88(80)120-12)144-78-70(56-112-4)135-101(93(125-17)86(78)118-10)142-76-68(54-110-2)133-99(141-75)91(123-15)84(76)116-8/h23-52,67-106H,53-60H2,1-22H3/t67-,68-,69-,70-,71-,72-,73-,74-,75-,76-,77-,78-,79-,80-,81-,82-,83+,84+,85+,86+,87+,88+,89+,90-,91-,92+,93-,94-,95-,96-,97+,98-,99-,100-,101-,102-,103-,104-,105-,106-/m1/s1. The van der Waals surface area contributed by atoms with Crippen LogP contribution < -0.4 is 0 Å². The summed E-state index contributed by atoms with van der Waals surface area (Å²) in [6, 6.07) is 59.6. The number of ether oxygens (including phenoxy) is 40. The molecule has 30 saturated heterocycles. The van der Waals surface area contributed by atoms with Crippen LogP contribution in [0, 0.1) is 0 Å². The summed E-state index contributed by atoms with van der Waals surface area (Å²) in [6.45, 7) is -1.18. The van der Waals surface area contributed by atoms with E-state index in [0.717, 1.165) is 33.4 Å². The minimum absolute atomic E-state index is 0.0828. The topological polar surface area (TPSA) is 369 Å². The summed E-state index contributed by atoms with van der Waals surface area (Å²) < 4.78 is 275. The monoisotopic (exact) mass is 2090 g/mol. The summed E-state index contributed by atoms with van der Waals surface area (Å²) in [6.07, 6.45) is -46.6. The van der Waals surface area contributed by atoms with Gasteiger partial charge in [0, 0.05) is 156 Å². The van der Waals surface area contributed by atoms with Gasteiger partial charge in [-0.3, -0.25) is 0 Å². The van der Waals surface area contributed by atoms with Crippen molar-refractivity contribution in [3.63, 3.8) is 0 Å². The molecule has 30 aliphatic heterocycles. The van der Waals surface area contributed by atoms with E-state index >= 15 is 0 Å². The molecule has 0 unspecified atom stereocenters. The lowest BCUT2D eigenvalue weighted by atomic mass is 9.80. The first kappa shape index (κ1) is 116. The second kappa shape index (κ2) is 55.9. The van der Waals surface area contributed by atoms with E-state index < -0.39 is 257 Å². The van der Waals surface area contributed by atoms with Gasteiger partial charge in [-0.05, 0) is 33.4 Å². The second-order valence-electron chi connectivity index (χ2n) is 37.3. The number of benzene rings is 6. The van der Waals surface area contributed by atoms with Crippen molar-refractivity contribution in [3.05, 3.63) is 215 Å². The third-order valence-electron chi connectivity index (χ3n) is 29.4. The molecule has 16 bridgehead atoms. The molecule has 6 aromatic carbocycles. The Labute approximate surface area is 866 Å². The third kappa shape index (κ3) is 24.4. The molecular weight excluding hydrogens is 1940 g/mol. The molecule has 0 aromatic heterocycles. The average Bonchev–Trinajstić information content (AvgIpc) is 0.780. The quantitative estimate of drug-likeness (QED) is 0.0349.